The second-order valence-electron chi connectivity index (χ2n) is 9.61. The van der Waals surface area contributed by atoms with E-state index in [1.54, 1.807) is 0 Å². The van der Waals surface area contributed by atoms with Gasteiger partial charge in [-0.3, -0.25) is 5.32 Å². The van der Waals surface area contributed by atoms with E-state index in [-0.39, 0.29) is 23.6 Å². The zero-order valence-corrected chi connectivity index (χ0v) is 23.8. The van der Waals surface area contributed by atoms with Crippen LogP contribution in [0, 0.1) is 0 Å². The Morgan fingerprint density at radius 1 is 0.684 bits per heavy atom. The molecular weight excluding hydrogens is 486 g/mol. The summed E-state index contributed by atoms with van der Waals surface area (Å²) < 4.78 is 20.5. The molecule has 38 heavy (non-hydrogen) atoms. The molecule has 0 aliphatic heterocycles. The van der Waals surface area contributed by atoms with E-state index < -0.39 is 18.2 Å². The van der Waals surface area contributed by atoms with E-state index >= 15 is 0 Å². The molecule has 0 unspecified atom stereocenters. The summed E-state index contributed by atoms with van der Waals surface area (Å²) in [6.45, 7) is 4.95. The molecule has 0 heterocycles. The summed E-state index contributed by atoms with van der Waals surface area (Å²) >= 11 is 0. The minimum absolute atomic E-state index is 0.0159. The van der Waals surface area contributed by atoms with Crippen molar-refractivity contribution >= 4 is 23.9 Å². The highest BCUT2D eigenvalue weighted by Gasteiger charge is 2.17. The molecule has 0 atom stereocenters. The van der Waals surface area contributed by atoms with E-state index in [0.717, 1.165) is 38.5 Å². The Balaban J connectivity index is 2.46. The lowest BCUT2D eigenvalue weighted by molar-refractivity contribution is 0.0599. The van der Waals surface area contributed by atoms with Crippen LogP contribution in [0.3, 0.4) is 0 Å². The molecule has 0 aliphatic rings. The first-order chi connectivity index (χ1) is 18.5. The normalized spacial score (nSPS) is 10.6. The predicted octanol–water partition coefficient (Wildman–Crippen LogP) is 8.82. The summed E-state index contributed by atoms with van der Waals surface area (Å²) in [5, 5.41) is 2.58. The largest absolute Gasteiger partial charge is 0.513 e. The highest BCUT2D eigenvalue weighted by molar-refractivity contribution is 5.93. The van der Waals surface area contributed by atoms with E-state index in [1.165, 1.54) is 89.5 Å². The van der Waals surface area contributed by atoms with Crippen LogP contribution in [0.2, 0.25) is 0 Å². The van der Waals surface area contributed by atoms with Gasteiger partial charge in [-0.25, -0.2) is 14.4 Å². The van der Waals surface area contributed by atoms with Gasteiger partial charge in [0.1, 0.15) is 0 Å². The van der Waals surface area contributed by atoms with Crippen molar-refractivity contribution in [3.05, 3.63) is 23.8 Å². The van der Waals surface area contributed by atoms with Crippen LogP contribution in [0.1, 0.15) is 127 Å². The number of carbonyl (C=O) groups excluding carboxylic acids is 3. The number of hydrogen-bond donors (Lipinski definition) is 1. The quantitative estimate of drug-likeness (QED) is 0.0726. The number of rotatable bonds is 21. The minimum atomic E-state index is -0.898. The van der Waals surface area contributed by atoms with E-state index in [1.807, 2.05) is 0 Å². The van der Waals surface area contributed by atoms with Gasteiger partial charge in [-0.05, 0) is 31.0 Å². The van der Waals surface area contributed by atoms with Crippen molar-refractivity contribution in [2.45, 2.75) is 117 Å². The molecule has 1 aromatic carbocycles. The lowest BCUT2D eigenvalue weighted by atomic mass is 10.1. The molecule has 216 valence electrons. The number of unbranched alkanes of at least 4 members (excludes halogenated alkanes) is 14. The standard InChI is InChI=1S/C30H49NO7/c1-4-6-8-10-12-14-16-18-22-36-29(33)31-26-21-20-25(28(32)35-3)24-27(26)38-30(34)37-23-19-17-15-13-11-9-7-5-2/h20-21,24H,4-19,22-23H2,1-3H3,(H,31,33). The fraction of sp³-hybridized carbons (Fsp3) is 0.700. The number of anilines is 1. The van der Waals surface area contributed by atoms with Crippen molar-refractivity contribution in [3.8, 4) is 5.75 Å². The maximum Gasteiger partial charge on any atom is 0.513 e. The maximum atomic E-state index is 12.3. The topological polar surface area (TPSA) is 100 Å². The Hall–Kier alpha value is -2.77. The van der Waals surface area contributed by atoms with Crippen LogP contribution < -0.4 is 10.1 Å². The molecule has 0 aliphatic carbocycles. The molecule has 0 saturated heterocycles. The van der Waals surface area contributed by atoms with Gasteiger partial charge in [0.25, 0.3) is 0 Å². The Kier molecular flexibility index (Phi) is 19.5. The van der Waals surface area contributed by atoms with Gasteiger partial charge in [-0.2, -0.15) is 0 Å². The SMILES string of the molecule is CCCCCCCCCCOC(=O)Nc1ccc(C(=O)OC)cc1OC(=O)OCCCCCCCCCC. The Labute approximate surface area is 229 Å². The molecule has 0 fully saturated rings. The molecule has 0 aromatic heterocycles. The summed E-state index contributed by atoms with van der Waals surface area (Å²) in [5.74, 6) is -0.608. The Bertz CT molecular complexity index is 797. The first-order valence-electron chi connectivity index (χ1n) is 14.5. The molecule has 1 N–H and O–H groups in total. The fourth-order valence-electron chi connectivity index (χ4n) is 4.01. The predicted molar refractivity (Wildman–Crippen MR) is 150 cm³/mol. The van der Waals surface area contributed by atoms with E-state index in [4.69, 9.17) is 18.9 Å². The van der Waals surface area contributed by atoms with E-state index in [9.17, 15) is 14.4 Å². The Morgan fingerprint density at radius 2 is 1.18 bits per heavy atom. The molecule has 0 saturated carbocycles. The third-order valence-electron chi connectivity index (χ3n) is 6.28. The van der Waals surface area contributed by atoms with Crippen LogP contribution in [0.5, 0.6) is 5.75 Å². The molecule has 0 spiro atoms. The van der Waals surface area contributed by atoms with Gasteiger partial charge in [0.05, 0.1) is 31.6 Å². The average molecular weight is 536 g/mol. The molecule has 0 radical (unpaired) electrons. The number of amides is 1. The number of ether oxygens (including phenoxy) is 4. The number of esters is 1. The van der Waals surface area contributed by atoms with Crippen molar-refractivity contribution < 1.29 is 33.3 Å². The summed E-state index contributed by atoms with van der Waals surface area (Å²) in [5.41, 5.74) is 0.374. The van der Waals surface area contributed by atoms with Crippen molar-refractivity contribution in [2.24, 2.45) is 0 Å². The van der Waals surface area contributed by atoms with Gasteiger partial charge in [0.2, 0.25) is 0 Å². The van der Waals surface area contributed by atoms with Crippen LogP contribution in [0.25, 0.3) is 0 Å². The van der Waals surface area contributed by atoms with Crippen molar-refractivity contribution in [3.63, 3.8) is 0 Å². The van der Waals surface area contributed by atoms with E-state index in [2.05, 4.69) is 19.2 Å². The molecule has 8 heteroatoms. The minimum Gasteiger partial charge on any atom is -0.465 e. The number of hydrogen-bond acceptors (Lipinski definition) is 7. The first kappa shape index (κ1) is 33.3. The third kappa shape index (κ3) is 16.2. The van der Waals surface area contributed by atoms with Crippen LogP contribution in [-0.4, -0.2) is 38.5 Å². The molecule has 0 bridgehead atoms. The van der Waals surface area contributed by atoms with Crippen LogP contribution in [-0.2, 0) is 14.2 Å². The second-order valence-corrected chi connectivity index (χ2v) is 9.61. The highest BCUT2D eigenvalue weighted by Crippen LogP contribution is 2.27. The average Bonchev–Trinajstić information content (AvgIpc) is 2.91. The van der Waals surface area contributed by atoms with Crippen LogP contribution in [0.15, 0.2) is 18.2 Å². The molecular formula is C30H49NO7. The van der Waals surface area contributed by atoms with Crippen molar-refractivity contribution in [2.75, 3.05) is 25.6 Å². The molecule has 1 aromatic rings. The summed E-state index contributed by atoms with van der Waals surface area (Å²) in [7, 11) is 1.26. The summed E-state index contributed by atoms with van der Waals surface area (Å²) in [6, 6.07) is 4.27. The number of benzene rings is 1. The van der Waals surface area contributed by atoms with Gasteiger partial charge in [0.15, 0.2) is 5.75 Å². The lowest BCUT2D eigenvalue weighted by Crippen LogP contribution is -2.17. The van der Waals surface area contributed by atoms with Crippen LogP contribution >= 0.6 is 0 Å². The van der Waals surface area contributed by atoms with Crippen LogP contribution in [0.4, 0.5) is 15.3 Å². The highest BCUT2D eigenvalue weighted by atomic mass is 16.7. The summed E-state index contributed by atoms with van der Waals surface area (Å²) in [4.78, 5) is 36.5. The smallest absolute Gasteiger partial charge is 0.465 e. The molecule has 1 amide bonds. The van der Waals surface area contributed by atoms with Crippen molar-refractivity contribution in [1.29, 1.82) is 0 Å². The van der Waals surface area contributed by atoms with Crippen molar-refractivity contribution in [1.82, 2.24) is 0 Å². The molecule has 8 nitrogen and oxygen atoms in total. The number of nitrogens with one attached hydrogen (secondary N) is 1. The fourth-order valence-corrected chi connectivity index (χ4v) is 4.01. The van der Waals surface area contributed by atoms with Gasteiger partial charge in [0, 0.05) is 0 Å². The summed E-state index contributed by atoms with van der Waals surface area (Å²) in [6.07, 6.45) is 16.7. The monoisotopic (exact) mass is 535 g/mol. The van der Waals surface area contributed by atoms with Gasteiger partial charge >= 0.3 is 18.2 Å². The number of methoxy groups -OCH3 is 1. The second kappa shape index (κ2) is 22.2. The molecule has 1 rings (SSSR count). The zero-order valence-electron chi connectivity index (χ0n) is 23.8. The van der Waals surface area contributed by atoms with Gasteiger partial charge in [-0.15, -0.1) is 0 Å². The maximum absolute atomic E-state index is 12.3. The lowest BCUT2D eigenvalue weighted by Gasteiger charge is -2.13. The van der Waals surface area contributed by atoms with Gasteiger partial charge < -0.3 is 18.9 Å². The number of carbonyl (C=O) groups is 3. The Morgan fingerprint density at radius 3 is 1.71 bits per heavy atom. The van der Waals surface area contributed by atoms with E-state index in [0.29, 0.717) is 6.61 Å². The zero-order chi connectivity index (χ0) is 27.8. The first-order valence-corrected chi connectivity index (χ1v) is 14.5. The third-order valence-corrected chi connectivity index (χ3v) is 6.28. The van der Waals surface area contributed by atoms with Gasteiger partial charge in [-0.1, -0.05) is 104 Å².